The second-order valence-electron chi connectivity index (χ2n) is 6.15. The topological polar surface area (TPSA) is 79.8 Å². The molecule has 0 saturated carbocycles. The van der Waals surface area contributed by atoms with Crippen LogP contribution in [0.15, 0.2) is 66.9 Å². The fourth-order valence-electron chi connectivity index (χ4n) is 2.82. The Balaban J connectivity index is 1.60. The number of amides is 1. The zero-order chi connectivity index (χ0) is 19.5. The monoisotopic (exact) mass is 389 g/mol. The van der Waals surface area contributed by atoms with Gasteiger partial charge in [0.15, 0.2) is 0 Å². The van der Waals surface area contributed by atoms with Crippen LogP contribution < -0.4 is 10.6 Å². The molecule has 28 heavy (non-hydrogen) atoms. The molecule has 2 aromatic carbocycles. The number of nitrogens with zero attached hydrogens (tertiary/aromatic N) is 3. The van der Waals surface area contributed by atoms with Gasteiger partial charge in [-0.15, -0.1) is 0 Å². The summed E-state index contributed by atoms with van der Waals surface area (Å²) >= 11 is 5.91. The Labute approximate surface area is 166 Å². The molecule has 0 saturated heterocycles. The number of pyridine rings is 1. The maximum absolute atomic E-state index is 12.8. The van der Waals surface area contributed by atoms with E-state index in [9.17, 15) is 4.79 Å². The lowest BCUT2D eigenvalue weighted by Gasteiger charge is -2.10. The van der Waals surface area contributed by atoms with Crippen LogP contribution in [0.3, 0.4) is 0 Å². The van der Waals surface area contributed by atoms with Crippen molar-refractivity contribution in [2.75, 3.05) is 10.6 Å². The summed E-state index contributed by atoms with van der Waals surface area (Å²) in [5, 5.41) is 7.64. The van der Waals surface area contributed by atoms with Crippen molar-refractivity contribution in [1.82, 2.24) is 15.0 Å². The van der Waals surface area contributed by atoms with Crippen molar-refractivity contribution in [3.8, 4) is 0 Å². The molecule has 0 unspecified atom stereocenters. The molecule has 2 heterocycles. The summed E-state index contributed by atoms with van der Waals surface area (Å²) < 4.78 is 0. The van der Waals surface area contributed by atoms with Crippen LogP contribution in [0.4, 0.5) is 17.2 Å². The van der Waals surface area contributed by atoms with Crippen LogP contribution in [0.25, 0.3) is 10.9 Å². The van der Waals surface area contributed by atoms with Gasteiger partial charge in [0.2, 0.25) is 0 Å². The Morgan fingerprint density at radius 3 is 2.61 bits per heavy atom. The summed E-state index contributed by atoms with van der Waals surface area (Å²) in [6, 6.07) is 18.3. The largest absolute Gasteiger partial charge is 0.340 e. The van der Waals surface area contributed by atoms with Crippen molar-refractivity contribution in [2.24, 2.45) is 0 Å². The quantitative estimate of drug-likeness (QED) is 0.514. The lowest BCUT2D eigenvalue weighted by Crippen LogP contribution is -2.15. The summed E-state index contributed by atoms with van der Waals surface area (Å²) in [6.07, 6.45) is 1.70. The third-order valence-corrected chi connectivity index (χ3v) is 4.32. The number of aryl methyl sites for hydroxylation is 1. The van der Waals surface area contributed by atoms with Crippen LogP contribution in [0.1, 0.15) is 16.3 Å². The summed E-state index contributed by atoms with van der Waals surface area (Å²) in [5.74, 6) is 0.680. The average Bonchev–Trinajstić information content (AvgIpc) is 2.69. The molecule has 0 aliphatic rings. The van der Waals surface area contributed by atoms with Gasteiger partial charge in [-0.2, -0.15) is 0 Å². The van der Waals surface area contributed by atoms with Crippen molar-refractivity contribution in [1.29, 1.82) is 0 Å². The van der Waals surface area contributed by atoms with Gasteiger partial charge in [0.1, 0.15) is 17.3 Å². The molecule has 0 atom stereocenters. The van der Waals surface area contributed by atoms with Crippen LogP contribution in [0.2, 0.25) is 5.02 Å². The number of hydrogen-bond acceptors (Lipinski definition) is 5. The molecule has 0 aliphatic heterocycles. The number of halogens is 1. The van der Waals surface area contributed by atoms with Crippen molar-refractivity contribution < 1.29 is 4.79 Å². The summed E-state index contributed by atoms with van der Waals surface area (Å²) in [6.45, 7) is 1.74. The minimum Gasteiger partial charge on any atom is -0.340 e. The Kier molecular flexibility index (Phi) is 4.87. The van der Waals surface area contributed by atoms with Gasteiger partial charge in [-0.1, -0.05) is 29.8 Å². The zero-order valence-electron chi connectivity index (χ0n) is 15.0. The molecular weight excluding hydrogens is 374 g/mol. The first-order chi connectivity index (χ1) is 13.6. The molecule has 2 aromatic heterocycles. The third-order valence-electron chi connectivity index (χ3n) is 4.07. The number of fused-ring (bicyclic) bond motifs is 1. The third kappa shape index (κ3) is 3.92. The molecule has 7 heteroatoms. The van der Waals surface area contributed by atoms with Crippen LogP contribution in [0.5, 0.6) is 0 Å². The minimum atomic E-state index is -0.331. The number of carbonyl (C=O) groups excluding carboxylic acids is 1. The van der Waals surface area contributed by atoms with Crippen LogP contribution in [-0.4, -0.2) is 20.9 Å². The van der Waals surface area contributed by atoms with Crippen molar-refractivity contribution in [3.63, 3.8) is 0 Å². The summed E-state index contributed by atoms with van der Waals surface area (Å²) in [5.41, 5.74) is 2.43. The van der Waals surface area contributed by atoms with Gasteiger partial charge < -0.3 is 10.6 Å². The Morgan fingerprint density at radius 2 is 1.79 bits per heavy atom. The first-order valence-corrected chi connectivity index (χ1v) is 9.00. The maximum atomic E-state index is 12.8. The highest BCUT2D eigenvalue weighted by Gasteiger charge is 2.13. The van der Waals surface area contributed by atoms with Gasteiger partial charge in [0.05, 0.1) is 11.2 Å². The number of rotatable bonds is 4. The van der Waals surface area contributed by atoms with Crippen molar-refractivity contribution in [2.45, 2.75) is 6.92 Å². The van der Waals surface area contributed by atoms with Gasteiger partial charge in [-0.05, 0) is 43.3 Å². The number of hydrogen-bond donors (Lipinski definition) is 2. The number of para-hydroxylation sites is 1. The van der Waals surface area contributed by atoms with Gasteiger partial charge in [-0.25, -0.2) is 9.97 Å². The summed E-state index contributed by atoms with van der Waals surface area (Å²) in [7, 11) is 0. The van der Waals surface area contributed by atoms with E-state index in [4.69, 9.17) is 11.6 Å². The first kappa shape index (κ1) is 17.9. The molecule has 0 aliphatic carbocycles. The number of nitrogens with one attached hydrogen (secondary N) is 2. The second-order valence-corrected chi connectivity index (χ2v) is 6.59. The van der Waals surface area contributed by atoms with E-state index in [2.05, 4.69) is 25.6 Å². The second kappa shape index (κ2) is 7.62. The molecule has 4 aromatic rings. The smallest absolute Gasteiger partial charge is 0.274 e. The molecule has 0 fully saturated rings. The van der Waals surface area contributed by atoms with Gasteiger partial charge in [0, 0.05) is 28.4 Å². The molecule has 1 amide bonds. The molecule has 138 valence electrons. The standard InChI is InChI=1S/C21H16ClN5O/c1-13-24-18(12-19(25-13)26-16-9-7-15(22)8-10-16)21(28)27-17-6-2-4-14-5-3-11-23-20(14)17/h2-12H,1H3,(H,27,28)(H,24,25,26). The Bertz CT molecular complexity index is 1160. The van der Waals surface area contributed by atoms with Gasteiger partial charge in [-0.3, -0.25) is 9.78 Å². The zero-order valence-corrected chi connectivity index (χ0v) is 15.7. The predicted octanol–water partition coefficient (Wildman–Crippen LogP) is 4.98. The van der Waals surface area contributed by atoms with Crippen LogP contribution in [-0.2, 0) is 0 Å². The van der Waals surface area contributed by atoms with Crippen LogP contribution >= 0.6 is 11.6 Å². The molecule has 6 nitrogen and oxygen atoms in total. The fourth-order valence-corrected chi connectivity index (χ4v) is 2.95. The molecule has 0 radical (unpaired) electrons. The Morgan fingerprint density at radius 1 is 1.00 bits per heavy atom. The van der Waals surface area contributed by atoms with Crippen molar-refractivity contribution >= 4 is 45.6 Å². The SMILES string of the molecule is Cc1nc(Nc2ccc(Cl)cc2)cc(C(=O)Nc2cccc3cccnc23)n1. The first-order valence-electron chi connectivity index (χ1n) is 8.62. The van der Waals surface area contributed by atoms with E-state index in [1.807, 2.05) is 42.5 Å². The van der Waals surface area contributed by atoms with Crippen molar-refractivity contribution in [3.05, 3.63) is 83.4 Å². The fraction of sp³-hybridized carbons (Fsp3) is 0.0476. The minimum absolute atomic E-state index is 0.261. The normalized spacial score (nSPS) is 10.6. The van der Waals surface area contributed by atoms with Gasteiger partial charge in [0.25, 0.3) is 5.91 Å². The van der Waals surface area contributed by atoms with Crippen LogP contribution in [0, 0.1) is 6.92 Å². The number of carbonyl (C=O) groups is 1. The van der Waals surface area contributed by atoms with Gasteiger partial charge >= 0.3 is 0 Å². The molecule has 0 spiro atoms. The number of aromatic nitrogens is 3. The molecule has 4 rings (SSSR count). The molecule has 2 N–H and O–H groups in total. The van der Waals surface area contributed by atoms with E-state index in [1.54, 1.807) is 31.3 Å². The highest BCUT2D eigenvalue weighted by atomic mass is 35.5. The van der Waals surface area contributed by atoms with E-state index < -0.39 is 0 Å². The Hall–Kier alpha value is -3.51. The summed E-state index contributed by atoms with van der Waals surface area (Å²) in [4.78, 5) is 25.7. The van der Waals surface area contributed by atoms with E-state index in [0.29, 0.717) is 22.4 Å². The van der Waals surface area contributed by atoms with E-state index in [-0.39, 0.29) is 11.6 Å². The number of anilines is 3. The lowest BCUT2D eigenvalue weighted by atomic mass is 10.2. The van der Waals surface area contributed by atoms with E-state index in [1.165, 1.54) is 0 Å². The highest BCUT2D eigenvalue weighted by Crippen LogP contribution is 2.22. The highest BCUT2D eigenvalue weighted by molar-refractivity contribution is 6.30. The lowest BCUT2D eigenvalue weighted by molar-refractivity contribution is 0.102. The maximum Gasteiger partial charge on any atom is 0.274 e. The molecular formula is C21H16ClN5O. The number of benzene rings is 2. The predicted molar refractivity (Wildman–Crippen MR) is 111 cm³/mol. The average molecular weight is 390 g/mol. The van der Waals surface area contributed by atoms with E-state index >= 15 is 0 Å². The molecule has 0 bridgehead atoms. The van der Waals surface area contributed by atoms with E-state index in [0.717, 1.165) is 16.6 Å².